The van der Waals surface area contributed by atoms with Crippen molar-refractivity contribution >= 4 is 0 Å². The molecule has 0 aromatic rings. The van der Waals surface area contributed by atoms with Gasteiger partial charge in [-0.25, -0.2) is 0 Å². The predicted molar refractivity (Wildman–Crippen MR) is 68.8 cm³/mol. The van der Waals surface area contributed by atoms with Gasteiger partial charge in [-0.2, -0.15) is 0 Å². The number of hydrogen-bond acceptors (Lipinski definition) is 3. The van der Waals surface area contributed by atoms with E-state index in [2.05, 4.69) is 35.6 Å². The van der Waals surface area contributed by atoms with E-state index < -0.39 is 0 Å². The largest absolute Gasteiger partial charge is 0.304 e. The monoisotopic (exact) mass is 225 g/mol. The zero-order chi connectivity index (χ0) is 11.5. The summed E-state index contributed by atoms with van der Waals surface area (Å²) in [6.07, 6.45) is 2.79. The van der Waals surface area contributed by atoms with E-state index in [4.69, 9.17) is 0 Å². The van der Waals surface area contributed by atoms with Crippen LogP contribution in [-0.2, 0) is 0 Å². The van der Waals surface area contributed by atoms with Crippen LogP contribution in [0.3, 0.4) is 0 Å². The van der Waals surface area contributed by atoms with Crippen LogP contribution >= 0.6 is 0 Å². The zero-order valence-corrected chi connectivity index (χ0v) is 11.2. The van der Waals surface area contributed by atoms with E-state index in [0.29, 0.717) is 0 Å². The summed E-state index contributed by atoms with van der Waals surface area (Å²) in [5, 5.41) is 0. The Balaban J connectivity index is 1.84. The molecule has 0 saturated carbocycles. The molecule has 94 valence electrons. The summed E-state index contributed by atoms with van der Waals surface area (Å²) in [6.45, 7) is 12.3. The number of piperazine rings is 1. The molecule has 16 heavy (non-hydrogen) atoms. The van der Waals surface area contributed by atoms with Crippen LogP contribution in [0.5, 0.6) is 0 Å². The van der Waals surface area contributed by atoms with Crippen LogP contribution in [0.2, 0.25) is 0 Å². The molecule has 0 radical (unpaired) electrons. The Morgan fingerprint density at radius 2 is 1.69 bits per heavy atom. The minimum absolute atomic E-state index is 0.718. The highest BCUT2D eigenvalue weighted by Gasteiger charge is 2.27. The van der Waals surface area contributed by atoms with E-state index in [1.165, 1.54) is 52.1 Å². The lowest BCUT2D eigenvalue weighted by Gasteiger charge is -2.43. The molecule has 3 nitrogen and oxygen atoms in total. The molecule has 2 fully saturated rings. The third kappa shape index (κ3) is 2.96. The molecule has 0 amide bonds. The van der Waals surface area contributed by atoms with Crippen molar-refractivity contribution in [3.8, 4) is 0 Å². The Kier molecular flexibility index (Phi) is 4.22. The van der Waals surface area contributed by atoms with Crippen LogP contribution in [0.4, 0.5) is 0 Å². The highest BCUT2D eigenvalue weighted by atomic mass is 15.3. The number of piperidine rings is 1. The number of nitrogens with zero attached hydrogens (tertiary/aromatic N) is 3. The molecule has 0 aliphatic carbocycles. The molecular weight excluding hydrogens is 198 g/mol. The Morgan fingerprint density at radius 1 is 1.00 bits per heavy atom. The van der Waals surface area contributed by atoms with E-state index in [0.717, 1.165) is 12.1 Å². The van der Waals surface area contributed by atoms with Crippen molar-refractivity contribution < 1.29 is 0 Å². The average molecular weight is 225 g/mol. The highest BCUT2D eigenvalue weighted by Crippen LogP contribution is 2.18. The van der Waals surface area contributed by atoms with Crippen LogP contribution < -0.4 is 0 Å². The van der Waals surface area contributed by atoms with E-state index in [1.807, 2.05) is 0 Å². The van der Waals surface area contributed by atoms with Gasteiger partial charge in [0, 0.05) is 44.8 Å². The number of rotatable bonds is 2. The molecular formula is C13H27N3. The minimum Gasteiger partial charge on any atom is -0.304 e. The van der Waals surface area contributed by atoms with Crippen LogP contribution in [-0.4, -0.2) is 73.1 Å². The van der Waals surface area contributed by atoms with Crippen LogP contribution in [0.1, 0.15) is 26.7 Å². The lowest BCUT2D eigenvalue weighted by atomic mass is 10.0. The maximum absolute atomic E-state index is 2.72. The summed E-state index contributed by atoms with van der Waals surface area (Å²) in [5.74, 6) is 0. The highest BCUT2D eigenvalue weighted by molar-refractivity contribution is 4.84. The second kappa shape index (κ2) is 5.48. The smallest absolute Gasteiger partial charge is 0.0224 e. The summed E-state index contributed by atoms with van der Waals surface area (Å²) in [6, 6.07) is 1.54. The normalized spacial score (nSPS) is 31.1. The van der Waals surface area contributed by atoms with Crippen molar-refractivity contribution in [1.29, 1.82) is 0 Å². The number of likely N-dealkylation sites (N-methyl/N-ethyl adjacent to an activating group) is 1. The second-order valence-corrected chi connectivity index (χ2v) is 5.72. The topological polar surface area (TPSA) is 9.72 Å². The van der Waals surface area contributed by atoms with Gasteiger partial charge in [0.25, 0.3) is 0 Å². The molecule has 0 aromatic carbocycles. The zero-order valence-electron chi connectivity index (χ0n) is 11.2. The maximum atomic E-state index is 2.72. The summed E-state index contributed by atoms with van der Waals surface area (Å²) in [7, 11) is 2.23. The van der Waals surface area contributed by atoms with Crippen molar-refractivity contribution in [2.75, 3.05) is 46.3 Å². The average Bonchev–Trinajstić information content (AvgIpc) is 2.30. The standard InChI is InChI=1S/C13H27N3/c1-12(2)16-6-4-5-13(11-16)15-9-7-14(3)8-10-15/h12-13H,4-11H2,1-3H3. The SMILES string of the molecule is CC(C)N1CCCC(N2CCN(C)CC2)C1. The van der Waals surface area contributed by atoms with Crippen molar-refractivity contribution in [3.63, 3.8) is 0 Å². The molecule has 2 aliphatic heterocycles. The van der Waals surface area contributed by atoms with Gasteiger partial charge in [0.05, 0.1) is 0 Å². The molecule has 1 atom stereocenters. The van der Waals surface area contributed by atoms with E-state index in [9.17, 15) is 0 Å². The maximum Gasteiger partial charge on any atom is 0.0224 e. The quantitative estimate of drug-likeness (QED) is 0.697. The lowest BCUT2D eigenvalue weighted by molar-refractivity contribution is 0.0494. The first-order chi connectivity index (χ1) is 7.66. The van der Waals surface area contributed by atoms with E-state index in [1.54, 1.807) is 0 Å². The fraction of sp³-hybridized carbons (Fsp3) is 1.00. The fourth-order valence-corrected chi connectivity index (χ4v) is 2.94. The van der Waals surface area contributed by atoms with Gasteiger partial charge >= 0.3 is 0 Å². The van der Waals surface area contributed by atoms with Gasteiger partial charge in [-0.1, -0.05) is 0 Å². The number of likely N-dealkylation sites (tertiary alicyclic amines) is 1. The summed E-state index contributed by atoms with van der Waals surface area (Å²) in [4.78, 5) is 7.81. The lowest BCUT2D eigenvalue weighted by Crippen LogP contribution is -2.55. The molecule has 3 heteroatoms. The van der Waals surface area contributed by atoms with E-state index >= 15 is 0 Å². The number of hydrogen-bond donors (Lipinski definition) is 0. The van der Waals surface area contributed by atoms with E-state index in [-0.39, 0.29) is 0 Å². The Labute approximate surface area is 100 Å². The summed E-state index contributed by atoms with van der Waals surface area (Å²) in [5.41, 5.74) is 0. The molecule has 1 unspecified atom stereocenters. The summed E-state index contributed by atoms with van der Waals surface area (Å²) >= 11 is 0. The third-order valence-corrected chi connectivity index (χ3v) is 4.21. The first-order valence-electron chi connectivity index (χ1n) is 6.83. The molecule has 0 aromatic heterocycles. The molecule has 2 heterocycles. The molecule has 0 N–H and O–H groups in total. The Hall–Kier alpha value is -0.120. The van der Waals surface area contributed by atoms with Crippen molar-refractivity contribution in [2.45, 2.75) is 38.8 Å². The summed E-state index contributed by atoms with van der Waals surface area (Å²) < 4.78 is 0. The van der Waals surface area contributed by atoms with Crippen LogP contribution in [0, 0.1) is 0 Å². The van der Waals surface area contributed by atoms with Gasteiger partial charge in [0.2, 0.25) is 0 Å². The molecule has 0 spiro atoms. The van der Waals surface area contributed by atoms with Crippen molar-refractivity contribution in [2.24, 2.45) is 0 Å². The first kappa shape index (κ1) is 12.3. The van der Waals surface area contributed by atoms with Crippen molar-refractivity contribution in [3.05, 3.63) is 0 Å². The minimum atomic E-state index is 0.718. The van der Waals surface area contributed by atoms with Crippen LogP contribution in [0.15, 0.2) is 0 Å². The predicted octanol–water partition coefficient (Wildman–Crippen LogP) is 1.11. The molecule has 0 bridgehead atoms. The van der Waals surface area contributed by atoms with Gasteiger partial charge in [0.15, 0.2) is 0 Å². The van der Waals surface area contributed by atoms with Gasteiger partial charge in [0.1, 0.15) is 0 Å². The Bertz CT molecular complexity index is 209. The second-order valence-electron chi connectivity index (χ2n) is 5.72. The van der Waals surface area contributed by atoms with Crippen LogP contribution in [0.25, 0.3) is 0 Å². The molecule has 2 aliphatic rings. The first-order valence-corrected chi connectivity index (χ1v) is 6.83. The third-order valence-electron chi connectivity index (χ3n) is 4.21. The Morgan fingerprint density at radius 3 is 2.31 bits per heavy atom. The fourth-order valence-electron chi connectivity index (χ4n) is 2.94. The van der Waals surface area contributed by atoms with Gasteiger partial charge in [-0.05, 0) is 40.3 Å². The van der Waals surface area contributed by atoms with Gasteiger partial charge in [-0.3, -0.25) is 9.80 Å². The van der Waals surface area contributed by atoms with Crippen molar-refractivity contribution in [1.82, 2.24) is 14.7 Å². The van der Waals surface area contributed by atoms with Gasteiger partial charge in [-0.15, -0.1) is 0 Å². The molecule has 2 rings (SSSR count). The molecule has 2 saturated heterocycles. The van der Waals surface area contributed by atoms with Gasteiger partial charge < -0.3 is 4.90 Å².